The minimum Gasteiger partial charge on any atom is -0.508 e. The number of rotatable bonds is 3. The Morgan fingerprint density at radius 2 is 1.92 bits per heavy atom. The second-order valence-corrected chi connectivity index (χ2v) is 14.2. The number of aryl methyl sites for hydroxylation is 1. The van der Waals surface area contributed by atoms with Crippen LogP contribution in [0.15, 0.2) is 30.5 Å². The molecular weight excluding hydrogens is 637 g/mol. The van der Waals surface area contributed by atoms with Crippen LogP contribution in [0, 0.1) is 11.6 Å². The Morgan fingerprint density at radius 1 is 1.06 bits per heavy atom. The lowest BCUT2D eigenvalue weighted by molar-refractivity contribution is -0.121. The molecule has 3 saturated heterocycles. The van der Waals surface area contributed by atoms with Crippen molar-refractivity contribution < 1.29 is 32.9 Å². The topological polar surface area (TPSA) is 124 Å². The van der Waals surface area contributed by atoms with E-state index in [0.29, 0.717) is 67.2 Å². The van der Waals surface area contributed by atoms with Crippen LogP contribution in [0.25, 0.3) is 32.9 Å². The number of aromatic hydroxyl groups is 1. The number of pyridine rings is 1. The summed E-state index contributed by atoms with van der Waals surface area (Å²) in [5.74, 6) is -1.33. The number of amides is 1. The van der Waals surface area contributed by atoms with E-state index in [1.165, 1.54) is 30.5 Å². The van der Waals surface area contributed by atoms with Crippen LogP contribution in [-0.4, -0.2) is 92.6 Å². The molecule has 0 spiro atoms. The maximum atomic E-state index is 17.0. The minimum absolute atomic E-state index is 0.0718. The van der Waals surface area contributed by atoms with E-state index >= 15 is 8.78 Å². The molecule has 3 unspecified atom stereocenters. The fourth-order valence-corrected chi connectivity index (χ4v) is 8.54. The third-order valence-corrected chi connectivity index (χ3v) is 10.9. The first-order valence-corrected chi connectivity index (χ1v) is 17.2. The van der Waals surface area contributed by atoms with Gasteiger partial charge in [-0.15, -0.1) is 0 Å². The Morgan fingerprint density at radius 3 is 2.80 bits per heavy atom. The summed E-state index contributed by atoms with van der Waals surface area (Å²) in [7, 11) is 0. The van der Waals surface area contributed by atoms with E-state index in [-0.39, 0.29) is 72.5 Å². The minimum atomic E-state index is -1.15. The third-order valence-electron chi connectivity index (χ3n) is 10.9. The molecule has 1 amide bonds. The molecule has 0 aliphatic carbocycles. The van der Waals surface area contributed by atoms with Gasteiger partial charge >= 0.3 is 6.01 Å². The average Bonchev–Trinajstić information content (AvgIpc) is 3.59. The second-order valence-electron chi connectivity index (χ2n) is 14.2. The van der Waals surface area contributed by atoms with Gasteiger partial charge in [-0.2, -0.15) is 9.97 Å². The zero-order valence-corrected chi connectivity index (χ0v) is 27.2. The summed E-state index contributed by atoms with van der Waals surface area (Å²) < 4.78 is 53.3. The van der Waals surface area contributed by atoms with Crippen molar-refractivity contribution in [2.24, 2.45) is 0 Å². The van der Waals surface area contributed by atoms with E-state index < -0.39 is 28.9 Å². The number of phenols is 1. The van der Waals surface area contributed by atoms with Crippen molar-refractivity contribution >= 4 is 33.4 Å². The predicted octanol–water partition coefficient (Wildman–Crippen LogP) is 4.96. The van der Waals surface area contributed by atoms with Gasteiger partial charge in [0.15, 0.2) is 5.82 Å². The number of hydrogen-bond donors (Lipinski definition) is 3. The maximum absolute atomic E-state index is 17.0. The SMILES string of the molecule is O=C1CCCc2c(F)ccc3cc(O)cc(c23)-c2ncc3c(nc(OCC45CCCN4CC(F)C5)nc3c2F)N2CCCC(O)(CCN1)C2. The van der Waals surface area contributed by atoms with Gasteiger partial charge in [0, 0.05) is 50.8 Å². The quantitative estimate of drug-likeness (QED) is 0.276. The van der Waals surface area contributed by atoms with Gasteiger partial charge in [-0.1, -0.05) is 6.07 Å². The van der Waals surface area contributed by atoms with Crippen LogP contribution >= 0.6 is 0 Å². The number of alkyl halides is 1. The third kappa shape index (κ3) is 5.80. The number of anilines is 1. The van der Waals surface area contributed by atoms with Gasteiger partial charge in [-0.25, -0.2) is 13.2 Å². The predicted molar refractivity (Wildman–Crippen MR) is 177 cm³/mol. The molecule has 49 heavy (non-hydrogen) atoms. The highest BCUT2D eigenvalue weighted by Gasteiger charge is 2.49. The lowest BCUT2D eigenvalue weighted by Crippen LogP contribution is -2.50. The first-order chi connectivity index (χ1) is 23.6. The molecule has 10 nitrogen and oxygen atoms in total. The van der Waals surface area contributed by atoms with E-state index in [0.717, 1.165) is 19.4 Å². The van der Waals surface area contributed by atoms with Crippen molar-refractivity contribution in [1.82, 2.24) is 25.2 Å². The van der Waals surface area contributed by atoms with E-state index in [1.54, 1.807) is 0 Å². The maximum Gasteiger partial charge on any atom is 0.319 e. The lowest BCUT2D eigenvalue weighted by atomic mass is 9.89. The zero-order valence-electron chi connectivity index (χ0n) is 27.2. The first kappa shape index (κ1) is 32.0. The van der Waals surface area contributed by atoms with Gasteiger partial charge in [0.25, 0.3) is 0 Å². The van der Waals surface area contributed by atoms with Gasteiger partial charge in [0.2, 0.25) is 5.91 Å². The van der Waals surface area contributed by atoms with Crippen LogP contribution in [-0.2, 0) is 11.2 Å². The first-order valence-electron chi connectivity index (χ1n) is 17.2. The van der Waals surface area contributed by atoms with Crippen LogP contribution in [0.3, 0.4) is 0 Å². The van der Waals surface area contributed by atoms with Crippen LogP contribution < -0.4 is 15.0 Å². The van der Waals surface area contributed by atoms with Crippen molar-refractivity contribution in [2.75, 3.05) is 44.2 Å². The fourth-order valence-electron chi connectivity index (χ4n) is 8.54. The number of carbonyl (C=O) groups excluding carboxylic acids is 1. The Labute approximate surface area is 281 Å². The van der Waals surface area contributed by atoms with Crippen LogP contribution in [0.4, 0.5) is 19.0 Å². The van der Waals surface area contributed by atoms with Gasteiger partial charge < -0.3 is 25.2 Å². The monoisotopic (exact) mass is 676 g/mol. The summed E-state index contributed by atoms with van der Waals surface area (Å²) in [6.07, 6.45) is 4.64. The number of ether oxygens (including phenoxy) is 1. The summed E-state index contributed by atoms with van der Waals surface area (Å²) in [5.41, 5.74) is -1.38. The summed E-state index contributed by atoms with van der Waals surface area (Å²) >= 11 is 0. The summed E-state index contributed by atoms with van der Waals surface area (Å²) in [6.45, 7) is 2.22. The molecule has 7 heterocycles. The summed E-state index contributed by atoms with van der Waals surface area (Å²) in [5, 5.41) is 26.4. The van der Waals surface area contributed by atoms with Crippen molar-refractivity contribution in [3.05, 3.63) is 47.7 Å². The number of halogens is 3. The fraction of sp³-hybridized carbons (Fsp3) is 0.500. The Bertz CT molecular complexity index is 1960. The number of phenolic OH excluding ortho intramolecular Hbond substituents is 1. The molecule has 0 saturated carbocycles. The molecule has 0 radical (unpaired) electrons. The number of aliphatic hydroxyl groups is 1. The van der Waals surface area contributed by atoms with E-state index in [1.807, 2.05) is 4.90 Å². The summed E-state index contributed by atoms with van der Waals surface area (Å²) in [4.78, 5) is 30.6. The van der Waals surface area contributed by atoms with Gasteiger partial charge in [-0.05, 0) is 86.0 Å². The highest BCUT2D eigenvalue weighted by molar-refractivity contribution is 6.01. The molecular formula is C36H39F3N6O4. The number of piperidine rings is 1. The normalized spacial score (nSPS) is 26.2. The van der Waals surface area contributed by atoms with Crippen molar-refractivity contribution in [2.45, 2.75) is 75.1 Å². The number of fused-ring (bicyclic) bond motifs is 8. The van der Waals surface area contributed by atoms with Gasteiger partial charge in [-0.3, -0.25) is 14.7 Å². The molecule has 9 rings (SSSR count). The lowest BCUT2D eigenvalue weighted by Gasteiger charge is -2.40. The largest absolute Gasteiger partial charge is 0.508 e. The standard InChI is InChI=1S/C36H39F3N6O4/c37-22-16-35(8-2-13-45(35)18-22)20-49-34-42-32-26-17-41-31(30(32)39)25-15-23(46)14-21-6-7-27(38)24(29(21)25)4-1-5-28(47)40-11-10-36(48)9-3-12-44(19-36)33(26)43-34/h6-7,14-15,17,22,46,48H,1-5,8-13,16,18-20H2,(H,40,47). The molecule has 2 aromatic carbocycles. The molecule has 4 aromatic rings. The Kier molecular flexibility index (Phi) is 8.02. The molecule has 6 bridgehead atoms. The Balaban J connectivity index is 1.30. The average molecular weight is 677 g/mol. The van der Waals surface area contributed by atoms with Crippen LogP contribution in [0.5, 0.6) is 11.8 Å². The number of aromatic nitrogens is 3. The van der Waals surface area contributed by atoms with Crippen LogP contribution in [0.2, 0.25) is 0 Å². The van der Waals surface area contributed by atoms with Gasteiger partial charge in [0.05, 0.1) is 16.5 Å². The van der Waals surface area contributed by atoms with Crippen LogP contribution in [0.1, 0.15) is 56.9 Å². The Hall–Kier alpha value is -4.23. The molecule has 5 aliphatic rings. The molecule has 2 aromatic heterocycles. The molecule has 3 N–H and O–H groups in total. The zero-order chi connectivity index (χ0) is 33.9. The van der Waals surface area contributed by atoms with Crippen molar-refractivity contribution in [3.8, 4) is 23.0 Å². The number of benzene rings is 2. The number of nitrogens with one attached hydrogen (secondary N) is 1. The number of hydrogen-bond acceptors (Lipinski definition) is 9. The smallest absolute Gasteiger partial charge is 0.319 e. The van der Waals surface area contributed by atoms with E-state index in [9.17, 15) is 19.4 Å². The molecule has 5 aliphatic heterocycles. The van der Waals surface area contributed by atoms with Gasteiger partial charge in [0.1, 0.15) is 41.4 Å². The highest BCUT2D eigenvalue weighted by Crippen LogP contribution is 2.42. The number of carbonyl (C=O) groups is 1. The van der Waals surface area contributed by atoms with Crippen molar-refractivity contribution in [1.29, 1.82) is 0 Å². The molecule has 13 heteroatoms. The second kappa shape index (κ2) is 12.3. The van der Waals surface area contributed by atoms with Crippen molar-refractivity contribution in [3.63, 3.8) is 0 Å². The highest BCUT2D eigenvalue weighted by atomic mass is 19.1. The molecule has 3 fully saturated rings. The molecule has 3 atom stereocenters. The van der Waals surface area contributed by atoms with E-state index in [2.05, 4.69) is 20.2 Å². The summed E-state index contributed by atoms with van der Waals surface area (Å²) in [6, 6.07) is 5.59. The number of nitrogens with zero attached hydrogens (tertiary/aromatic N) is 5. The van der Waals surface area contributed by atoms with E-state index in [4.69, 9.17) is 9.72 Å². The molecule has 258 valence electrons.